The second-order valence-corrected chi connectivity index (χ2v) is 2.38. The summed E-state index contributed by atoms with van der Waals surface area (Å²) >= 11 is 0. The molecule has 4 nitrogen and oxygen atoms in total. The zero-order chi connectivity index (χ0) is 8.27. The summed E-state index contributed by atoms with van der Waals surface area (Å²) in [6.07, 6.45) is 2.25. The monoisotopic (exact) mass is 151 g/mol. The minimum Gasteiger partial charge on any atom is -0.400 e. The summed E-state index contributed by atoms with van der Waals surface area (Å²) in [4.78, 5) is 12.5. The van der Waals surface area contributed by atoms with Crippen LogP contribution in [0.15, 0.2) is 11.9 Å². The molecule has 0 aliphatic carbocycles. The molecule has 0 fully saturated rings. The lowest BCUT2D eigenvalue weighted by Gasteiger charge is -2.09. The first-order valence-electron chi connectivity index (χ1n) is 3.36. The van der Waals surface area contributed by atoms with E-state index in [0.29, 0.717) is 25.1 Å². The molecule has 1 aliphatic heterocycles. The number of nitrogens with zero attached hydrogens (tertiary/aromatic N) is 2. The second-order valence-electron chi connectivity index (χ2n) is 2.38. The Bertz CT molecular complexity index is 239. The Morgan fingerprint density at radius 3 is 3.00 bits per heavy atom. The highest BCUT2D eigenvalue weighted by molar-refractivity contribution is 5.82. The fraction of sp³-hybridized carbons (Fsp3) is 0.429. The van der Waals surface area contributed by atoms with E-state index < -0.39 is 0 Å². The van der Waals surface area contributed by atoms with Gasteiger partial charge in [-0.25, -0.2) is 0 Å². The number of amides is 1. The van der Waals surface area contributed by atoms with E-state index in [0.717, 1.165) is 0 Å². The number of rotatable bonds is 2. The lowest BCUT2D eigenvalue weighted by molar-refractivity contribution is -0.126. The van der Waals surface area contributed by atoms with E-state index in [1.807, 2.05) is 6.07 Å². The standard InChI is InChI=1S/C7H9N3O/c8-2-1-3-10-5-6(9)4-7(10)11/h5H,1,3-4,9H2. The predicted molar refractivity (Wildman–Crippen MR) is 38.8 cm³/mol. The van der Waals surface area contributed by atoms with Gasteiger partial charge in [0, 0.05) is 18.4 Å². The maximum absolute atomic E-state index is 11.0. The van der Waals surface area contributed by atoms with Gasteiger partial charge in [0.2, 0.25) is 5.91 Å². The van der Waals surface area contributed by atoms with E-state index in [9.17, 15) is 4.79 Å². The fourth-order valence-corrected chi connectivity index (χ4v) is 0.954. The molecular formula is C7H9N3O. The summed E-state index contributed by atoms with van der Waals surface area (Å²) in [7, 11) is 0. The van der Waals surface area contributed by atoms with Crippen molar-refractivity contribution >= 4 is 5.91 Å². The molecule has 4 heteroatoms. The van der Waals surface area contributed by atoms with Crippen LogP contribution in [0, 0.1) is 11.3 Å². The number of nitriles is 1. The first-order valence-corrected chi connectivity index (χ1v) is 3.36. The Hall–Kier alpha value is -1.50. The molecule has 2 N–H and O–H groups in total. The molecule has 0 spiro atoms. The van der Waals surface area contributed by atoms with Crippen LogP contribution in [0.2, 0.25) is 0 Å². The summed E-state index contributed by atoms with van der Waals surface area (Å²) in [5, 5.41) is 8.24. The van der Waals surface area contributed by atoms with Gasteiger partial charge < -0.3 is 10.6 Å². The Kier molecular flexibility index (Phi) is 2.12. The molecule has 58 valence electrons. The van der Waals surface area contributed by atoms with Crippen molar-refractivity contribution < 1.29 is 4.79 Å². The van der Waals surface area contributed by atoms with Crippen molar-refractivity contribution in [2.75, 3.05) is 6.54 Å². The van der Waals surface area contributed by atoms with Gasteiger partial charge in [0.05, 0.1) is 18.9 Å². The van der Waals surface area contributed by atoms with Crippen molar-refractivity contribution in [1.29, 1.82) is 5.26 Å². The van der Waals surface area contributed by atoms with Gasteiger partial charge in [0.15, 0.2) is 0 Å². The van der Waals surface area contributed by atoms with Crippen LogP contribution in [0.4, 0.5) is 0 Å². The maximum Gasteiger partial charge on any atom is 0.232 e. The third-order valence-electron chi connectivity index (χ3n) is 1.46. The van der Waals surface area contributed by atoms with Crippen LogP contribution in [0.5, 0.6) is 0 Å². The average Bonchev–Trinajstić information content (AvgIpc) is 2.26. The topological polar surface area (TPSA) is 70.1 Å². The van der Waals surface area contributed by atoms with Crippen molar-refractivity contribution in [3.05, 3.63) is 11.9 Å². The highest BCUT2D eigenvalue weighted by Crippen LogP contribution is 2.10. The maximum atomic E-state index is 11.0. The summed E-state index contributed by atoms with van der Waals surface area (Å²) in [5.74, 6) is -0.0160. The first kappa shape index (κ1) is 7.61. The third kappa shape index (κ3) is 1.71. The van der Waals surface area contributed by atoms with Crippen molar-refractivity contribution in [2.45, 2.75) is 12.8 Å². The van der Waals surface area contributed by atoms with Crippen LogP contribution < -0.4 is 5.73 Å². The van der Waals surface area contributed by atoms with Crippen LogP contribution in [0.1, 0.15) is 12.8 Å². The lowest BCUT2D eigenvalue weighted by Crippen LogP contribution is -2.21. The van der Waals surface area contributed by atoms with Crippen molar-refractivity contribution in [1.82, 2.24) is 4.90 Å². The van der Waals surface area contributed by atoms with Gasteiger partial charge in [-0.15, -0.1) is 0 Å². The predicted octanol–water partition coefficient (Wildman–Crippen LogP) is -0.0675. The number of carbonyl (C=O) groups is 1. The van der Waals surface area contributed by atoms with Gasteiger partial charge in [-0.2, -0.15) is 5.26 Å². The average molecular weight is 151 g/mol. The van der Waals surface area contributed by atoms with E-state index in [1.54, 1.807) is 6.20 Å². The van der Waals surface area contributed by atoms with E-state index >= 15 is 0 Å². The van der Waals surface area contributed by atoms with E-state index in [1.165, 1.54) is 4.90 Å². The molecule has 11 heavy (non-hydrogen) atoms. The number of nitrogens with two attached hydrogens (primary N) is 1. The van der Waals surface area contributed by atoms with Gasteiger partial charge >= 0.3 is 0 Å². The third-order valence-corrected chi connectivity index (χ3v) is 1.46. The SMILES string of the molecule is N#CCCN1C=C(N)CC1=O. The molecule has 0 aromatic heterocycles. The summed E-state index contributed by atoms with van der Waals surface area (Å²) in [6.45, 7) is 0.454. The summed E-state index contributed by atoms with van der Waals surface area (Å²) in [5.41, 5.74) is 5.98. The highest BCUT2D eigenvalue weighted by atomic mass is 16.2. The molecule has 1 rings (SSSR count). The number of hydrogen-bond acceptors (Lipinski definition) is 3. The molecule has 0 unspecified atom stereocenters. The molecule has 0 aromatic rings. The Labute approximate surface area is 64.9 Å². The minimum absolute atomic E-state index is 0.0160. The van der Waals surface area contributed by atoms with Crippen LogP contribution in [-0.2, 0) is 4.79 Å². The zero-order valence-electron chi connectivity index (χ0n) is 6.08. The van der Waals surface area contributed by atoms with Gasteiger partial charge in [0.1, 0.15) is 0 Å². The largest absolute Gasteiger partial charge is 0.400 e. The van der Waals surface area contributed by atoms with Gasteiger partial charge in [-0.1, -0.05) is 0 Å². The summed E-state index contributed by atoms with van der Waals surface area (Å²) < 4.78 is 0. The van der Waals surface area contributed by atoms with E-state index in [2.05, 4.69) is 0 Å². The van der Waals surface area contributed by atoms with Crippen molar-refractivity contribution in [3.8, 4) is 6.07 Å². The number of carbonyl (C=O) groups excluding carboxylic acids is 1. The van der Waals surface area contributed by atoms with Gasteiger partial charge in [-0.3, -0.25) is 4.79 Å². The molecule has 0 aromatic carbocycles. The quantitative estimate of drug-likeness (QED) is 0.600. The molecule has 1 aliphatic rings. The van der Waals surface area contributed by atoms with Crippen molar-refractivity contribution in [2.24, 2.45) is 5.73 Å². The fourth-order valence-electron chi connectivity index (χ4n) is 0.954. The molecule has 0 saturated carbocycles. The smallest absolute Gasteiger partial charge is 0.232 e. The van der Waals surface area contributed by atoms with Crippen LogP contribution in [0.25, 0.3) is 0 Å². The Balaban J connectivity index is 2.47. The molecular weight excluding hydrogens is 142 g/mol. The first-order chi connectivity index (χ1) is 5.24. The zero-order valence-corrected chi connectivity index (χ0v) is 6.08. The van der Waals surface area contributed by atoms with E-state index in [-0.39, 0.29) is 5.91 Å². The molecule has 0 atom stereocenters. The van der Waals surface area contributed by atoms with E-state index in [4.69, 9.17) is 11.0 Å². The van der Waals surface area contributed by atoms with Gasteiger partial charge in [0.25, 0.3) is 0 Å². The summed E-state index contributed by atoms with van der Waals surface area (Å²) in [6, 6.07) is 1.97. The second kappa shape index (κ2) is 3.06. The van der Waals surface area contributed by atoms with Crippen molar-refractivity contribution in [3.63, 3.8) is 0 Å². The van der Waals surface area contributed by atoms with Crippen LogP contribution >= 0.6 is 0 Å². The Morgan fingerprint density at radius 2 is 2.55 bits per heavy atom. The minimum atomic E-state index is -0.0160. The van der Waals surface area contributed by atoms with Crippen LogP contribution in [0.3, 0.4) is 0 Å². The molecule has 0 saturated heterocycles. The van der Waals surface area contributed by atoms with Gasteiger partial charge in [-0.05, 0) is 0 Å². The Morgan fingerprint density at radius 1 is 1.82 bits per heavy atom. The normalized spacial score (nSPS) is 16.5. The lowest BCUT2D eigenvalue weighted by atomic mass is 10.4. The molecule has 0 radical (unpaired) electrons. The number of hydrogen-bond donors (Lipinski definition) is 1. The molecule has 1 amide bonds. The highest BCUT2D eigenvalue weighted by Gasteiger charge is 2.18. The molecule has 1 heterocycles. The molecule has 0 bridgehead atoms. The van der Waals surface area contributed by atoms with Crippen LogP contribution in [-0.4, -0.2) is 17.4 Å².